The number of fused-ring (bicyclic) bond motifs is 3. The third-order valence-electron chi connectivity index (χ3n) is 6.60. The van der Waals surface area contributed by atoms with Gasteiger partial charge in [0.1, 0.15) is 0 Å². The van der Waals surface area contributed by atoms with Gasteiger partial charge in [-0.25, -0.2) is 0 Å². The third kappa shape index (κ3) is 2.74. The van der Waals surface area contributed by atoms with Crippen LogP contribution < -0.4 is 4.90 Å². The van der Waals surface area contributed by atoms with Crippen LogP contribution in [0, 0.1) is 5.92 Å². The van der Waals surface area contributed by atoms with Crippen LogP contribution in [0.1, 0.15) is 37.3 Å². The molecule has 0 bridgehead atoms. The zero-order chi connectivity index (χ0) is 20.1. The average Bonchev–Trinajstić information content (AvgIpc) is 3.31. The van der Waals surface area contributed by atoms with Gasteiger partial charge in [0, 0.05) is 29.2 Å². The number of anilines is 1. The van der Waals surface area contributed by atoms with E-state index in [4.69, 9.17) is 4.74 Å². The van der Waals surface area contributed by atoms with E-state index in [1.807, 2.05) is 50.2 Å². The maximum atomic E-state index is 12.8. The first kappa shape index (κ1) is 17.9. The Bertz CT molecular complexity index is 1070. The van der Waals surface area contributed by atoms with Gasteiger partial charge >= 0.3 is 0 Å². The first-order chi connectivity index (χ1) is 14.1. The SMILES string of the molecule is CC1=C(C)C(O/C=C2/C(=O)CC3c4ccccc4CC23)N(c2ccccc2)C1=O. The molecule has 0 radical (unpaired) electrons. The third-order valence-corrected chi connectivity index (χ3v) is 6.60. The molecular formula is C25H23NO3. The number of rotatable bonds is 3. The number of para-hydroxylation sites is 1. The van der Waals surface area contributed by atoms with E-state index in [9.17, 15) is 9.59 Å². The number of hydrogen-bond donors (Lipinski definition) is 0. The minimum absolute atomic E-state index is 0.0546. The lowest BCUT2D eigenvalue weighted by Gasteiger charge is -2.26. The van der Waals surface area contributed by atoms with Gasteiger partial charge in [0.05, 0.1) is 6.26 Å². The molecule has 0 N–H and O–H groups in total. The van der Waals surface area contributed by atoms with Crippen molar-refractivity contribution in [3.05, 3.63) is 88.7 Å². The molecule has 1 fully saturated rings. The molecule has 2 aromatic rings. The highest BCUT2D eigenvalue weighted by Gasteiger charge is 2.44. The topological polar surface area (TPSA) is 46.6 Å². The van der Waals surface area contributed by atoms with Crippen LogP contribution >= 0.6 is 0 Å². The van der Waals surface area contributed by atoms with E-state index in [1.165, 1.54) is 11.1 Å². The van der Waals surface area contributed by atoms with Gasteiger partial charge in [-0.15, -0.1) is 0 Å². The van der Waals surface area contributed by atoms with Crippen LogP contribution in [0.25, 0.3) is 0 Å². The molecular weight excluding hydrogens is 362 g/mol. The zero-order valence-electron chi connectivity index (χ0n) is 16.6. The van der Waals surface area contributed by atoms with E-state index in [-0.39, 0.29) is 23.5 Å². The van der Waals surface area contributed by atoms with E-state index in [0.717, 1.165) is 23.3 Å². The minimum Gasteiger partial charge on any atom is -0.473 e. The number of ether oxygens (including phenoxy) is 1. The highest BCUT2D eigenvalue weighted by atomic mass is 16.5. The Kier molecular flexibility index (Phi) is 4.16. The van der Waals surface area contributed by atoms with Gasteiger partial charge in [-0.2, -0.15) is 0 Å². The number of carbonyl (C=O) groups excluding carboxylic acids is 2. The van der Waals surface area contributed by atoms with Crippen molar-refractivity contribution < 1.29 is 14.3 Å². The van der Waals surface area contributed by atoms with Crippen molar-refractivity contribution in [1.82, 2.24) is 0 Å². The molecule has 1 aliphatic heterocycles. The maximum absolute atomic E-state index is 12.8. The van der Waals surface area contributed by atoms with E-state index in [2.05, 4.69) is 18.2 Å². The molecule has 3 aliphatic rings. The Morgan fingerprint density at radius 3 is 2.45 bits per heavy atom. The van der Waals surface area contributed by atoms with Crippen molar-refractivity contribution in [3.63, 3.8) is 0 Å². The predicted molar refractivity (Wildman–Crippen MR) is 111 cm³/mol. The summed E-state index contributed by atoms with van der Waals surface area (Å²) in [4.78, 5) is 27.2. The Morgan fingerprint density at radius 1 is 0.931 bits per heavy atom. The van der Waals surface area contributed by atoms with Crippen LogP contribution in [0.3, 0.4) is 0 Å². The number of carbonyl (C=O) groups is 2. The first-order valence-electron chi connectivity index (χ1n) is 10.1. The molecule has 3 unspecified atom stereocenters. The van der Waals surface area contributed by atoms with E-state index in [1.54, 1.807) is 11.2 Å². The molecule has 29 heavy (non-hydrogen) atoms. The molecule has 5 rings (SSSR count). The lowest BCUT2D eigenvalue weighted by molar-refractivity contribution is -0.115. The summed E-state index contributed by atoms with van der Waals surface area (Å²) in [6.07, 6.45) is 2.53. The summed E-state index contributed by atoms with van der Waals surface area (Å²) < 4.78 is 6.15. The summed E-state index contributed by atoms with van der Waals surface area (Å²) in [5.74, 6) is 0.527. The summed E-state index contributed by atoms with van der Waals surface area (Å²) in [5, 5.41) is 0. The van der Waals surface area contributed by atoms with Crippen LogP contribution in [0.2, 0.25) is 0 Å². The molecule has 146 valence electrons. The molecule has 4 nitrogen and oxygen atoms in total. The highest BCUT2D eigenvalue weighted by Crippen LogP contribution is 2.49. The van der Waals surface area contributed by atoms with Gasteiger partial charge in [-0.3, -0.25) is 14.5 Å². The second-order valence-electron chi connectivity index (χ2n) is 8.12. The Morgan fingerprint density at radius 2 is 1.66 bits per heavy atom. The number of amides is 1. The number of benzene rings is 2. The first-order valence-corrected chi connectivity index (χ1v) is 10.1. The fourth-order valence-corrected chi connectivity index (χ4v) is 4.91. The Balaban J connectivity index is 1.44. The van der Waals surface area contributed by atoms with Crippen molar-refractivity contribution in [2.75, 3.05) is 4.90 Å². The molecule has 2 aromatic carbocycles. The van der Waals surface area contributed by atoms with Crippen LogP contribution in [0.4, 0.5) is 5.69 Å². The molecule has 2 aliphatic carbocycles. The van der Waals surface area contributed by atoms with Crippen molar-refractivity contribution in [2.24, 2.45) is 5.92 Å². The summed E-state index contributed by atoms with van der Waals surface area (Å²) >= 11 is 0. The fourth-order valence-electron chi connectivity index (χ4n) is 4.91. The lowest BCUT2D eigenvalue weighted by atomic mass is 9.95. The lowest BCUT2D eigenvalue weighted by Crippen LogP contribution is -2.36. The second-order valence-corrected chi connectivity index (χ2v) is 8.12. The van der Waals surface area contributed by atoms with Gasteiger partial charge in [0.2, 0.25) is 6.23 Å². The quantitative estimate of drug-likeness (QED) is 0.576. The van der Waals surface area contributed by atoms with E-state index < -0.39 is 6.23 Å². The molecule has 4 heteroatoms. The maximum Gasteiger partial charge on any atom is 0.257 e. The van der Waals surface area contributed by atoms with Crippen molar-refractivity contribution in [2.45, 2.75) is 38.8 Å². The fraction of sp³-hybridized carbons (Fsp3) is 0.280. The minimum atomic E-state index is -0.520. The molecule has 0 aromatic heterocycles. The number of nitrogens with zero attached hydrogens (tertiary/aromatic N) is 1. The van der Waals surface area contributed by atoms with Gasteiger partial charge in [0.15, 0.2) is 5.78 Å². The number of hydrogen-bond acceptors (Lipinski definition) is 3. The molecule has 1 heterocycles. The van der Waals surface area contributed by atoms with Gasteiger partial charge < -0.3 is 4.74 Å². The predicted octanol–water partition coefficient (Wildman–Crippen LogP) is 4.53. The van der Waals surface area contributed by atoms with Crippen LogP contribution in [-0.2, 0) is 20.7 Å². The summed E-state index contributed by atoms with van der Waals surface area (Å²) in [6.45, 7) is 3.75. The summed E-state index contributed by atoms with van der Waals surface area (Å²) in [6, 6.07) is 17.9. The van der Waals surface area contributed by atoms with E-state index >= 15 is 0 Å². The monoisotopic (exact) mass is 385 g/mol. The number of ketones is 1. The molecule has 0 saturated heterocycles. The Labute approximate surface area is 170 Å². The molecule has 1 saturated carbocycles. The van der Waals surface area contributed by atoms with Crippen molar-refractivity contribution in [3.8, 4) is 0 Å². The van der Waals surface area contributed by atoms with Gasteiger partial charge in [-0.1, -0.05) is 42.5 Å². The number of Topliss-reactive ketones (excluding diaryl/α,β-unsaturated/α-hetero) is 1. The normalized spacial score (nSPS) is 27.0. The largest absolute Gasteiger partial charge is 0.473 e. The molecule has 3 atom stereocenters. The molecule has 0 spiro atoms. The van der Waals surface area contributed by atoms with Gasteiger partial charge in [0.25, 0.3) is 5.91 Å². The summed E-state index contributed by atoms with van der Waals surface area (Å²) in [7, 11) is 0. The zero-order valence-corrected chi connectivity index (χ0v) is 16.6. The van der Waals surface area contributed by atoms with Crippen LogP contribution in [0.15, 0.2) is 77.6 Å². The van der Waals surface area contributed by atoms with Gasteiger partial charge in [-0.05, 0) is 55.0 Å². The van der Waals surface area contributed by atoms with Crippen LogP contribution in [-0.4, -0.2) is 17.9 Å². The molecule has 1 amide bonds. The standard InChI is InChI=1S/C25H23NO3/c1-15-16(2)25(26(24(15)28)18-9-4-3-5-10-18)29-14-22-20-12-17-8-6-7-11-19(17)21(20)13-23(22)27/h3-11,14,20-21,25H,12-13H2,1-2H3/b22-14+. The number of allylic oxidation sites excluding steroid dienone is 1. The summed E-state index contributed by atoms with van der Waals surface area (Å²) in [5.41, 5.74) is 5.75. The smallest absolute Gasteiger partial charge is 0.257 e. The Hall–Kier alpha value is -3.14. The van der Waals surface area contributed by atoms with Crippen molar-refractivity contribution in [1.29, 1.82) is 0 Å². The van der Waals surface area contributed by atoms with E-state index in [0.29, 0.717) is 12.0 Å². The average molecular weight is 385 g/mol. The highest BCUT2D eigenvalue weighted by molar-refractivity contribution is 6.09. The van der Waals surface area contributed by atoms with Crippen LogP contribution in [0.5, 0.6) is 0 Å². The second kappa shape index (κ2) is 6.73. The van der Waals surface area contributed by atoms with Crippen molar-refractivity contribution >= 4 is 17.4 Å².